The third-order valence-electron chi connectivity index (χ3n) is 2.27. The van der Waals surface area contributed by atoms with Gasteiger partial charge in [0.05, 0.1) is 19.1 Å². The molecule has 0 radical (unpaired) electrons. The molecule has 0 aliphatic heterocycles. The van der Waals surface area contributed by atoms with E-state index in [9.17, 15) is 13.2 Å². The highest BCUT2D eigenvalue weighted by molar-refractivity contribution is 7.85. The highest BCUT2D eigenvalue weighted by Crippen LogP contribution is 2.11. The van der Waals surface area contributed by atoms with Crippen molar-refractivity contribution < 1.29 is 32.4 Å². The Morgan fingerprint density at radius 3 is 2.58 bits per heavy atom. The number of nitrogens with zero attached hydrogens (tertiary/aromatic N) is 2. The first-order chi connectivity index (χ1) is 11.2. The van der Waals surface area contributed by atoms with Crippen LogP contribution in [0.25, 0.3) is 0 Å². The van der Waals surface area contributed by atoms with E-state index in [1.807, 2.05) is 0 Å². The van der Waals surface area contributed by atoms with Crippen molar-refractivity contribution in [3.63, 3.8) is 0 Å². The van der Waals surface area contributed by atoms with Crippen molar-refractivity contribution in [1.29, 1.82) is 0 Å². The summed E-state index contributed by atoms with van der Waals surface area (Å²) < 4.78 is 26.2. The van der Waals surface area contributed by atoms with Gasteiger partial charge in [-0.3, -0.25) is 8.98 Å². The van der Waals surface area contributed by atoms with Gasteiger partial charge in [0.15, 0.2) is 0 Å². The van der Waals surface area contributed by atoms with Gasteiger partial charge in [-0.25, -0.2) is 5.26 Å². The van der Waals surface area contributed by atoms with Gasteiger partial charge in [-0.15, -0.1) is 5.10 Å². The van der Waals surface area contributed by atoms with Gasteiger partial charge in [0.1, 0.15) is 0 Å². The fourth-order valence-corrected chi connectivity index (χ4v) is 1.72. The molecule has 0 saturated heterocycles. The van der Waals surface area contributed by atoms with Crippen molar-refractivity contribution in [3.05, 3.63) is 17.8 Å². The minimum absolute atomic E-state index is 0.00114. The lowest BCUT2D eigenvalue weighted by Crippen LogP contribution is -2.31. The topological polar surface area (TPSA) is 149 Å². The first-order valence-electron chi connectivity index (χ1n) is 6.73. The second-order valence-corrected chi connectivity index (χ2v) is 6.17. The molecule has 0 fully saturated rings. The minimum atomic E-state index is -3.44. The van der Waals surface area contributed by atoms with E-state index in [1.54, 1.807) is 13.0 Å². The molecular weight excluding hydrogens is 344 g/mol. The molecule has 0 amide bonds. The fourth-order valence-electron chi connectivity index (χ4n) is 1.27. The van der Waals surface area contributed by atoms with Gasteiger partial charge in [-0.1, -0.05) is 0 Å². The second kappa shape index (κ2) is 11.6. The Balaban J connectivity index is 0.000000754. The van der Waals surface area contributed by atoms with Crippen molar-refractivity contribution in [1.82, 2.24) is 21.0 Å². The van der Waals surface area contributed by atoms with Crippen LogP contribution >= 0.6 is 0 Å². The van der Waals surface area contributed by atoms with E-state index in [0.717, 1.165) is 6.26 Å². The van der Waals surface area contributed by atoms with E-state index in [-0.39, 0.29) is 24.5 Å². The average Bonchev–Trinajstić information content (AvgIpc) is 2.51. The van der Waals surface area contributed by atoms with Crippen LogP contribution < -0.4 is 15.7 Å². The molecule has 1 aromatic rings. The van der Waals surface area contributed by atoms with Gasteiger partial charge in [0, 0.05) is 32.1 Å². The molecule has 11 nitrogen and oxygen atoms in total. The summed E-state index contributed by atoms with van der Waals surface area (Å²) in [6, 6.07) is 1.43. The number of hydrogen-bond donors (Lipinski definition) is 3. The van der Waals surface area contributed by atoms with Crippen LogP contribution in [0.1, 0.15) is 19.4 Å². The normalized spacial score (nSPS) is 11.9. The third-order valence-corrected chi connectivity index (χ3v) is 2.84. The molecule has 0 aromatic carbocycles. The summed E-state index contributed by atoms with van der Waals surface area (Å²) in [4.78, 5) is 18.0. The maximum atomic E-state index is 10.8. The molecule has 3 N–H and O–H groups in total. The van der Waals surface area contributed by atoms with Crippen LogP contribution in [0.3, 0.4) is 0 Å². The van der Waals surface area contributed by atoms with Crippen molar-refractivity contribution in [2.24, 2.45) is 0 Å². The second-order valence-electron chi connectivity index (χ2n) is 4.52. The molecule has 0 unspecified atom stereocenters. The first-order valence-corrected chi connectivity index (χ1v) is 8.55. The number of rotatable bonds is 8. The summed E-state index contributed by atoms with van der Waals surface area (Å²) in [6.07, 6.45) is 2.45. The van der Waals surface area contributed by atoms with Gasteiger partial charge in [0.25, 0.3) is 16.0 Å². The molecule has 1 atom stereocenters. The summed E-state index contributed by atoms with van der Waals surface area (Å²) in [7, 11) is -1.91. The lowest BCUT2D eigenvalue weighted by atomic mass is 10.2. The predicted molar refractivity (Wildman–Crippen MR) is 83.2 cm³/mol. The van der Waals surface area contributed by atoms with Crippen molar-refractivity contribution in [2.75, 3.05) is 19.9 Å². The van der Waals surface area contributed by atoms with Crippen LogP contribution in [-0.4, -0.2) is 55.8 Å². The predicted octanol–water partition coefficient (Wildman–Crippen LogP) is -0.533. The maximum absolute atomic E-state index is 10.8. The average molecular weight is 366 g/mol. The molecule has 1 aromatic heterocycles. The molecule has 138 valence electrons. The summed E-state index contributed by atoms with van der Waals surface area (Å²) in [5.41, 5.74) is 2.81. The molecule has 1 rings (SSSR count). The molecule has 0 bridgehead atoms. The van der Waals surface area contributed by atoms with Crippen LogP contribution in [0.15, 0.2) is 12.3 Å². The maximum Gasteiger partial charge on any atom is 0.321 e. The molecule has 0 aliphatic carbocycles. The smallest absolute Gasteiger partial charge is 0.321 e. The highest BCUT2D eigenvalue weighted by Gasteiger charge is 2.10. The number of aromatic nitrogens is 2. The molecule has 0 saturated carbocycles. The monoisotopic (exact) mass is 366 g/mol. The standard InChI is InChI=1S/C9H15N3O5S.C3H7NO2/c1-7(6-16-18(2,14)15)10-5-8-3-4-11-12-9(8)17-13;1-3(5)6-4-2/h3-4,7,10,13H,5-6H2,1-2H3;4H,1-2H3/t7-;/m0./s1. The molecule has 12 heteroatoms. The first kappa shape index (κ1) is 22.1. The van der Waals surface area contributed by atoms with Crippen molar-refractivity contribution >= 4 is 16.1 Å². The van der Waals surface area contributed by atoms with Gasteiger partial charge in [-0.05, 0) is 13.0 Å². The van der Waals surface area contributed by atoms with Crippen LogP contribution in [0.4, 0.5) is 0 Å². The highest BCUT2D eigenvalue weighted by atomic mass is 32.2. The quantitative estimate of drug-likeness (QED) is 0.309. The number of carbonyl (C=O) groups excluding carboxylic acids is 1. The van der Waals surface area contributed by atoms with E-state index in [4.69, 9.17) is 5.26 Å². The Labute approximate surface area is 140 Å². The van der Waals surface area contributed by atoms with Crippen molar-refractivity contribution in [2.45, 2.75) is 26.4 Å². The zero-order valence-electron chi connectivity index (χ0n) is 13.8. The van der Waals surface area contributed by atoms with Gasteiger partial charge >= 0.3 is 5.97 Å². The van der Waals surface area contributed by atoms with Gasteiger partial charge in [0.2, 0.25) is 0 Å². The third kappa shape index (κ3) is 11.7. The van der Waals surface area contributed by atoms with Gasteiger partial charge in [-0.2, -0.15) is 19.0 Å². The number of hydrogen-bond acceptors (Lipinski definition) is 11. The molecule has 0 aliphatic rings. The molecule has 24 heavy (non-hydrogen) atoms. The Morgan fingerprint density at radius 1 is 1.46 bits per heavy atom. The zero-order chi connectivity index (χ0) is 18.6. The van der Waals surface area contributed by atoms with Crippen LogP contribution in [0.5, 0.6) is 5.88 Å². The summed E-state index contributed by atoms with van der Waals surface area (Å²) in [6.45, 7) is 3.45. The number of hydroxylamine groups is 1. The van der Waals surface area contributed by atoms with Crippen molar-refractivity contribution in [3.8, 4) is 5.88 Å². The van der Waals surface area contributed by atoms with Crippen LogP contribution in [0.2, 0.25) is 0 Å². The minimum Gasteiger partial charge on any atom is -0.371 e. The molecule has 0 spiro atoms. The molecule has 1 heterocycles. The lowest BCUT2D eigenvalue weighted by Gasteiger charge is -2.13. The van der Waals surface area contributed by atoms with Gasteiger partial charge < -0.3 is 15.0 Å². The summed E-state index contributed by atoms with van der Waals surface area (Å²) >= 11 is 0. The van der Waals surface area contributed by atoms with E-state index in [1.165, 1.54) is 20.2 Å². The van der Waals surface area contributed by atoms with E-state index >= 15 is 0 Å². The molecular formula is C12H22N4O7S. The van der Waals surface area contributed by atoms with Crippen LogP contribution in [0, 0.1) is 0 Å². The fraction of sp³-hybridized carbons (Fsp3) is 0.583. The zero-order valence-corrected chi connectivity index (χ0v) is 14.7. The SMILES string of the molecule is CNOC(C)=O.C[C@@H](COS(C)(=O)=O)NCc1ccnnc1OO. The largest absolute Gasteiger partial charge is 0.371 e. The summed E-state index contributed by atoms with van der Waals surface area (Å²) in [5, 5.41) is 18.7. The van der Waals surface area contributed by atoms with E-state index in [0.29, 0.717) is 12.1 Å². The Kier molecular flexibility index (Phi) is 10.7. The van der Waals surface area contributed by atoms with Crippen LogP contribution in [-0.2, 0) is 30.5 Å². The Bertz CT molecular complexity index is 597. The number of carbonyl (C=O) groups is 1. The summed E-state index contributed by atoms with van der Waals surface area (Å²) in [5.74, 6) is -0.321. The Hall–Kier alpha value is -1.86. The number of nitrogens with one attached hydrogen (secondary N) is 2. The van der Waals surface area contributed by atoms with E-state index < -0.39 is 10.1 Å². The lowest BCUT2D eigenvalue weighted by molar-refractivity contribution is -0.147. The van der Waals surface area contributed by atoms with E-state index in [2.05, 4.69) is 34.9 Å². The Morgan fingerprint density at radius 2 is 2.12 bits per heavy atom.